The summed E-state index contributed by atoms with van der Waals surface area (Å²) >= 11 is 6.00. The van der Waals surface area contributed by atoms with Gasteiger partial charge in [0.25, 0.3) is 5.91 Å². The van der Waals surface area contributed by atoms with Crippen LogP contribution in [0.1, 0.15) is 10.5 Å². The molecule has 1 aliphatic rings. The van der Waals surface area contributed by atoms with Crippen LogP contribution in [0.3, 0.4) is 0 Å². The molecule has 0 saturated heterocycles. The van der Waals surface area contributed by atoms with Gasteiger partial charge in [0.15, 0.2) is 11.5 Å². The van der Waals surface area contributed by atoms with Gasteiger partial charge in [0.05, 0.1) is 5.69 Å². The normalized spacial score (nSPS) is 14.0. The van der Waals surface area contributed by atoms with Crippen LogP contribution in [0.15, 0.2) is 54.9 Å². The molecule has 4 rings (SSSR count). The summed E-state index contributed by atoms with van der Waals surface area (Å²) in [6, 6.07) is 12.7. The molecule has 0 atom stereocenters. The van der Waals surface area contributed by atoms with E-state index < -0.39 is 12.2 Å². The molecule has 0 spiro atoms. The van der Waals surface area contributed by atoms with E-state index in [4.69, 9.17) is 11.6 Å². The molecule has 9 heteroatoms. The number of halogens is 3. The van der Waals surface area contributed by atoms with E-state index >= 15 is 0 Å². The van der Waals surface area contributed by atoms with Crippen LogP contribution in [0.5, 0.6) is 11.5 Å². The fourth-order valence-corrected chi connectivity index (χ4v) is 2.91. The van der Waals surface area contributed by atoms with Crippen molar-refractivity contribution in [1.82, 2.24) is 9.97 Å². The molecule has 0 N–H and O–H groups in total. The van der Waals surface area contributed by atoms with E-state index in [0.29, 0.717) is 16.4 Å². The monoisotopic (exact) mass is 403 g/mol. The zero-order chi connectivity index (χ0) is 19.9. The number of hydrogen-bond donors (Lipinski definition) is 0. The van der Waals surface area contributed by atoms with E-state index in [1.54, 1.807) is 18.2 Å². The quantitative estimate of drug-likeness (QED) is 0.648. The Hall–Kier alpha value is -3.26. The number of nitrogens with zero attached hydrogens (tertiary/aromatic N) is 3. The van der Waals surface area contributed by atoms with E-state index in [9.17, 15) is 13.6 Å². The third-order valence-corrected chi connectivity index (χ3v) is 4.32. The smallest absolute Gasteiger partial charge is 0.395 e. The lowest BCUT2D eigenvalue weighted by Gasteiger charge is -2.17. The SMILES string of the molecule is CN(C(=O)c1cc(-c2cccc(Cl)c2)ncn1)c1ccc2c(c1)OC(F)(F)O2. The molecule has 0 radical (unpaired) electrons. The number of benzene rings is 2. The van der Waals surface area contributed by atoms with Gasteiger partial charge in [0.1, 0.15) is 12.0 Å². The van der Waals surface area contributed by atoms with Crippen molar-refractivity contribution < 1.29 is 23.0 Å². The lowest BCUT2D eigenvalue weighted by Crippen LogP contribution is -2.27. The highest BCUT2D eigenvalue weighted by Crippen LogP contribution is 2.42. The van der Waals surface area contributed by atoms with Crippen LogP contribution in [-0.4, -0.2) is 29.2 Å². The summed E-state index contributed by atoms with van der Waals surface area (Å²) in [4.78, 5) is 22.3. The number of carbonyl (C=O) groups excluding carboxylic acids is 1. The van der Waals surface area contributed by atoms with E-state index in [0.717, 1.165) is 5.56 Å². The number of carbonyl (C=O) groups is 1. The van der Waals surface area contributed by atoms with E-state index in [1.807, 2.05) is 6.07 Å². The molecule has 0 unspecified atom stereocenters. The first-order chi connectivity index (χ1) is 13.3. The predicted molar refractivity (Wildman–Crippen MR) is 97.9 cm³/mol. The van der Waals surface area contributed by atoms with Crippen LogP contribution in [0.2, 0.25) is 5.02 Å². The molecule has 0 bridgehead atoms. The van der Waals surface area contributed by atoms with Crippen molar-refractivity contribution in [2.24, 2.45) is 0 Å². The molecule has 28 heavy (non-hydrogen) atoms. The Labute approximate surface area is 163 Å². The Kier molecular flexibility index (Phi) is 4.35. The van der Waals surface area contributed by atoms with Crippen molar-refractivity contribution in [3.05, 3.63) is 65.6 Å². The van der Waals surface area contributed by atoms with Gasteiger partial charge in [-0.25, -0.2) is 9.97 Å². The molecule has 6 nitrogen and oxygen atoms in total. The van der Waals surface area contributed by atoms with Gasteiger partial charge in [-0.2, -0.15) is 0 Å². The maximum absolute atomic E-state index is 13.2. The van der Waals surface area contributed by atoms with Crippen LogP contribution in [0, 0.1) is 0 Å². The molecule has 1 aromatic heterocycles. The van der Waals surface area contributed by atoms with Gasteiger partial charge >= 0.3 is 6.29 Å². The van der Waals surface area contributed by atoms with E-state index in [1.165, 1.54) is 42.5 Å². The molecule has 2 heterocycles. The average molecular weight is 404 g/mol. The first kappa shape index (κ1) is 18.1. The zero-order valence-electron chi connectivity index (χ0n) is 14.4. The summed E-state index contributed by atoms with van der Waals surface area (Å²) < 4.78 is 35.1. The standard InChI is InChI=1S/C19H12ClF2N3O3/c1-25(13-5-6-16-17(8-13)28-19(21,22)27-16)18(26)15-9-14(23-10-24-15)11-3-2-4-12(20)7-11/h2-10H,1H3. The third-order valence-electron chi connectivity index (χ3n) is 4.08. The van der Waals surface area contributed by atoms with Crippen molar-refractivity contribution in [3.8, 4) is 22.8 Å². The minimum atomic E-state index is -3.72. The second-order valence-electron chi connectivity index (χ2n) is 5.96. The van der Waals surface area contributed by atoms with Crippen LogP contribution in [0.25, 0.3) is 11.3 Å². The number of fused-ring (bicyclic) bond motifs is 1. The molecule has 1 amide bonds. The Balaban J connectivity index is 1.61. The number of anilines is 1. The highest BCUT2D eigenvalue weighted by molar-refractivity contribution is 6.30. The van der Waals surface area contributed by atoms with E-state index in [2.05, 4.69) is 19.4 Å². The molecular weight excluding hydrogens is 392 g/mol. The number of rotatable bonds is 3. The maximum Gasteiger partial charge on any atom is 0.586 e. The summed E-state index contributed by atoms with van der Waals surface area (Å²) in [6.45, 7) is 0. The first-order valence-corrected chi connectivity index (χ1v) is 8.46. The first-order valence-electron chi connectivity index (χ1n) is 8.08. The fraction of sp³-hybridized carbons (Fsp3) is 0.105. The molecule has 0 saturated carbocycles. The minimum Gasteiger partial charge on any atom is -0.395 e. The Morgan fingerprint density at radius 3 is 2.64 bits per heavy atom. The van der Waals surface area contributed by atoms with Crippen LogP contribution < -0.4 is 14.4 Å². The van der Waals surface area contributed by atoms with Crippen molar-refractivity contribution >= 4 is 23.2 Å². The highest BCUT2D eigenvalue weighted by Gasteiger charge is 2.43. The summed E-state index contributed by atoms with van der Waals surface area (Å²) in [5.74, 6) is -0.694. The number of hydrogen-bond acceptors (Lipinski definition) is 5. The number of amides is 1. The number of alkyl halides is 2. The molecule has 0 aliphatic carbocycles. The van der Waals surface area contributed by atoms with Gasteiger partial charge in [-0.05, 0) is 30.3 Å². The second kappa shape index (κ2) is 6.72. The van der Waals surface area contributed by atoms with Gasteiger partial charge in [-0.15, -0.1) is 8.78 Å². The Morgan fingerprint density at radius 2 is 1.86 bits per heavy atom. The minimum absolute atomic E-state index is 0.0973. The highest BCUT2D eigenvalue weighted by atomic mass is 35.5. The van der Waals surface area contributed by atoms with Crippen molar-refractivity contribution in [2.75, 3.05) is 11.9 Å². The maximum atomic E-state index is 13.2. The summed E-state index contributed by atoms with van der Waals surface area (Å²) in [6.07, 6.45) is -2.44. The average Bonchev–Trinajstić information content (AvgIpc) is 2.99. The number of ether oxygens (including phenoxy) is 2. The van der Waals surface area contributed by atoms with Gasteiger partial charge in [0, 0.05) is 29.4 Å². The topological polar surface area (TPSA) is 64.6 Å². The van der Waals surface area contributed by atoms with Gasteiger partial charge < -0.3 is 14.4 Å². The molecule has 1 aliphatic heterocycles. The second-order valence-corrected chi connectivity index (χ2v) is 6.40. The lowest BCUT2D eigenvalue weighted by atomic mass is 10.1. The molecule has 2 aromatic carbocycles. The van der Waals surface area contributed by atoms with Gasteiger partial charge in [-0.1, -0.05) is 23.7 Å². The van der Waals surface area contributed by atoms with Crippen LogP contribution in [-0.2, 0) is 0 Å². The molecular formula is C19H12ClF2N3O3. The third kappa shape index (κ3) is 3.46. The molecule has 142 valence electrons. The Bertz CT molecular complexity index is 1080. The van der Waals surface area contributed by atoms with Crippen LogP contribution >= 0.6 is 11.6 Å². The van der Waals surface area contributed by atoms with Crippen molar-refractivity contribution in [2.45, 2.75) is 6.29 Å². The summed E-state index contributed by atoms with van der Waals surface area (Å²) in [5.41, 5.74) is 1.74. The largest absolute Gasteiger partial charge is 0.586 e. The molecule has 0 fully saturated rings. The fourth-order valence-electron chi connectivity index (χ4n) is 2.72. The van der Waals surface area contributed by atoms with Crippen molar-refractivity contribution in [1.29, 1.82) is 0 Å². The Morgan fingerprint density at radius 1 is 1.07 bits per heavy atom. The van der Waals surface area contributed by atoms with Crippen LogP contribution in [0.4, 0.5) is 14.5 Å². The lowest BCUT2D eigenvalue weighted by molar-refractivity contribution is -0.286. The number of aromatic nitrogens is 2. The van der Waals surface area contributed by atoms with Gasteiger partial charge in [-0.3, -0.25) is 4.79 Å². The summed E-state index contributed by atoms with van der Waals surface area (Å²) in [7, 11) is 1.50. The van der Waals surface area contributed by atoms with Gasteiger partial charge in [0.2, 0.25) is 0 Å². The zero-order valence-corrected chi connectivity index (χ0v) is 15.2. The van der Waals surface area contributed by atoms with Crippen molar-refractivity contribution in [3.63, 3.8) is 0 Å². The molecule has 3 aromatic rings. The summed E-state index contributed by atoms with van der Waals surface area (Å²) in [5, 5.41) is 0.540. The van der Waals surface area contributed by atoms with E-state index in [-0.39, 0.29) is 17.2 Å². The predicted octanol–water partition coefficient (Wildman–Crippen LogP) is 4.40.